The molecule has 35 heavy (non-hydrogen) atoms. The highest BCUT2D eigenvalue weighted by Crippen LogP contribution is 2.29. The monoisotopic (exact) mass is 481 g/mol. The molecule has 0 unspecified atom stereocenters. The number of hydrogen-bond donors (Lipinski definition) is 2. The van der Waals surface area contributed by atoms with Crippen molar-refractivity contribution in [3.63, 3.8) is 0 Å². The van der Waals surface area contributed by atoms with Crippen molar-refractivity contribution in [2.24, 2.45) is 0 Å². The van der Waals surface area contributed by atoms with Crippen molar-refractivity contribution in [1.29, 1.82) is 0 Å². The van der Waals surface area contributed by atoms with Crippen LogP contribution in [-0.4, -0.2) is 50.7 Å². The maximum atomic E-state index is 14.8. The molecule has 3 aromatic rings. The molecular weight excluding hydrogens is 452 g/mol. The number of aryl methyl sites for hydroxylation is 1. The van der Waals surface area contributed by atoms with Crippen LogP contribution in [0, 0.1) is 12.9 Å². The number of aromatic nitrogens is 3. The molecular formula is C26H29F2N5O2. The minimum atomic E-state index is -1.28. The van der Waals surface area contributed by atoms with E-state index >= 15 is 0 Å². The fourth-order valence-electron chi connectivity index (χ4n) is 4.44. The highest BCUT2D eigenvalue weighted by atomic mass is 19.1. The molecule has 0 saturated carbocycles. The molecule has 3 heterocycles. The number of amides is 2. The second kappa shape index (κ2) is 9.93. The molecule has 1 aliphatic heterocycles. The quantitative estimate of drug-likeness (QED) is 0.516. The number of aromatic amines is 1. The SMILES string of the molecule is CC(=O)N1C[C@H](F)C[C@H]1C(=O)N[C@@H](c1cccc(-c2cc(C)[nH]n2)c1)c1ccc(C(C)C)c(F)n1. The first-order chi connectivity index (χ1) is 16.6. The molecule has 0 spiro atoms. The smallest absolute Gasteiger partial charge is 0.243 e. The molecule has 3 atom stereocenters. The molecule has 1 fully saturated rings. The van der Waals surface area contributed by atoms with Crippen molar-refractivity contribution in [3.8, 4) is 11.3 Å². The summed E-state index contributed by atoms with van der Waals surface area (Å²) in [6.07, 6.45) is -1.36. The summed E-state index contributed by atoms with van der Waals surface area (Å²) in [5, 5.41) is 10.1. The number of H-pyrrole nitrogens is 1. The maximum absolute atomic E-state index is 14.8. The van der Waals surface area contributed by atoms with Crippen molar-refractivity contribution >= 4 is 11.8 Å². The molecule has 2 aromatic heterocycles. The number of likely N-dealkylation sites (tertiary alicyclic amines) is 1. The standard InChI is InChI=1S/C26H29F2N5O2/c1-14(2)20-8-9-21(29-25(20)28)24(30-26(35)23-12-19(27)13-33(23)16(4)34)18-7-5-6-17(11-18)22-10-15(3)31-32-22/h5-11,14,19,23-24H,12-13H2,1-4H3,(H,30,35)(H,31,32)/t19-,23+,24+/m1/s1. The molecule has 7 nitrogen and oxygen atoms in total. The zero-order valence-electron chi connectivity index (χ0n) is 20.2. The van der Waals surface area contributed by atoms with Gasteiger partial charge in [0.1, 0.15) is 12.2 Å². The van der Waals surface area contributed by atoms with Gasteiger partial charge >= 0.3 is 0 Å². The first kappa shape index (κ1) is 24.5. The summed E-state index contributed by atoms with van der Waals surface area (Å²) in [6, 6.07) is 10.9. The van der Waals surface area contributed by atoms with Crippen LogP contribution in [0.2, 0.25) is 0 Å². The molecule has 0 aliphatic carbocycles. The van der Waals surface area contributed by atoms with Gasteiger partial charge in [0, 0.05) is 30.2 Å². The van der Waals surface area contributed by atoms with Crippen molar-refractivity contribution in [2.45, 2.75) is 58.3 Å². The number of benzene rings is 1. The summed E-state index contributed by atoms with van der Waals surface area (Å²) < 4.78 is 28.9. The van der Waals surface area contributed by atoms with Crippen LogP contribution in [0.15, 0.2) is 42.5 Å². The first-order valence-electron chi connectivity index (χ1n) is 11.6. The van der Waals surface area contributed by atoms with Crippen molar-refractivity contribution < 1.29 is 18.4 Å². The average Bonchev–Trinajstić information content (AvgIpc) is 3.43. The minimum absolute atomic E-state index is 0.0556. The van der Waals surface area contributed by atoms with E-state index in [1.165, 1.54) is 11.8 Å². The summed E-state index contributed by atoms with van der Waals surface area (Å²) >= 11 is 0. The number of hydrogen-bond acceptors (Lipinski definition) is 4. The lowest BCUT2D eigenvalue weighted by molar-refractivity contribution is -0.137. The maximum Gasteiger partial charge on any atom is 0.243 e. The Balaban J connectivity index is 1.73. The van der Waals surface area contributed by atoms with Crippen LogP contribution < -0.4 is 5.32 Å². The van der Waals surface area contributed by atoms with E-state index in [2.05, 4.69) is 20.5 Å². The lowest BCUT2D eigenvalue weighted by atomic mass is 9.97. The van der Waals surface area contributed by atoms with E-state index in [1.54, 1.807) is 18.2 Å². The van der Waals surface area contributed by atoms with E-state index in [0.29, 0.717) is 16.8 Å². The van der Waals surface area contributed by atoms with Gasteiger partial charge in [-0.1, -0.05) is 38.1 Å². The summed E-state index contributed by atoms with van der Waals surface area (Å²) in [5.41, 5.74) is 3.86. The predicted molar refractivity (Wildman–Crippen MR) is 128 cm³/mol. The molecule has 2 amide bonds. The molecule has 1 aromatic carbocycles. The van der Waals surface area contributed by atoms with Gasteiger partial charge in [-0.25, -0.2) is 9.37 Å². The third-order valence-corrected chi connectivity index (χ3v) is 6.28. The Labute approximate surface area is 202 Å². The van der Waals surface area contributed by atoms with Crippen LogP contribution in [0.5, 0.6) is 0 Å². The highest BCUT2D eigenvalue weighted by molar-refractivity contribution is 5.88. The van der Waals surface area contributed by atoms with E-state index in [1.807, 2.05) is 45.0 Å². The van der Waals surface area contributed by atoms with Crippen LogP contribution in [0.1, 0.15) is 61.7 Å². The zero-order valence-corrected chi connectivity index (χ0v) is 20.2. The van der Waals surface area contributed by atoms with Crippen LogP contribution in [-0.2, 0) is 9.59 Å². The summed E-state index contributed by atoms with van der Waals surface area (Å²) in [7, 11) is 0. The molecule has 0 bridgehead atoms. The number of carbonyl (C=O) groups excluding carboxylic acids is 2. The van der Waals surface area contributed by atoms with Crippen molar-refractivity contribution in [1.82, 2.24) is 25.4 Å². The number of carbonyl (C=O) groups is 2. The van der Waals surface area contributed by atoms with Crippen molar-refractivity contribution in [3.05, 3.63) is 70.9 Å². The second-order valence-electron chi connectivity index (χ2n) is 9.29. The number of nitrogens with one attached hydrogen (secondary N) is 2. The van der Waals surface area contributed by atoms with Crippen LogP contribution in [0.25, 0.3) is 11.3 Å². The lowest BCUT2D eigenvalue weighted by Gasteiger charge is -2.26. The molecule has 1 aliphatic rings. The third-order valence-electron chi connectivity index (χ3n) is 6.28. The molecule has 2 N–H and O–H groups in total. The Bertz CT molecular complexity index is 1240. The van der Waals surface area contributed by atoms with Gasteiger partial charge in [0.2, 0.25) is 17.8 Å². The Morgan fingerprint density at radius 2 is 1.97 bits per heavy atom. The van der Waals surface area contributed by atoms with Gasteiger partial charge in [-0.05, 0) is 36.6 Å². The summed E-state index contributed by atoms with van der Waals surface area (Å²) in [5.74, 6) is -1.55. The highest BCUT2D eigenvalue weighted by Gasteiger charge is 2.39. The zero-order chi connectivity index (χ0) is 25.3. The molecule has 4 rings (SSSR count). The van der Waals surface area contributed by atoms with Gasteiger partial charge in [-0.3, -0.25) is 14.7 Å². The fourth-order valence-corrected chi connectivity index (χ4v) is 4.44. The first-order valence-corrected chi connectivity index (χ1v) is 11.6. The number of nitrogens with zero attached hydrogens (tertiary/aromatic N) is 3. The van der Waals surface area contributed by atoms with E-state index in [4.69, 9.17) is 0 Å². The number of rotatable bonds is 6. The Morgan fingerprint density at radius 1 is 1.20 bits per heavy atom. The largest absolute Gasteiger partial charge is 0.342 e. The third kappa shape index (κ3) is 5.23. The van der Waals surface area contributed by atoms with E-state index < -0.39 is 30.1 Å². The van der Waals surface area contributed by atoms with E-state index in [9.17, 15) is 18.4 Å². The summed E-state index contributed by atoms with van der Waals surface area (Å²) in [4.78, 5) is 30.7. The lowest BCUT2D eigenvalue weighted by Crippen LogP contribution is -2.46. The van der Waals surface area contributed by atoms with E-state index in [-0.39, 0.29) is 24.8 Å². The fraction of sp³-hybridized carbons (Fsp3) is 0.385. The topological polar surface area (TPSA) is 91.0 Å². The van der Waals surface area contributed by atoms with Gasteiger partial charge < -0.3 is 10.2 Å². The Kier molecular flexibility index (Phi) is 6.95. The molecule has 9 heteroatoms. The van der Waals surface area contributed by atoms with Gasteiger partial charge in [0.15, 0.2) is 0 Å². The molecule has 1 saturated heterocycles. The normalized spacial score (nSPS) is 18.7. The van der Waals surface area contributed by atoms with Crippen molar-refractivity contribution in [2.75, 3.05) is 6.54 Å². The Morgan fingerprint density at radius 3 is 2.60 bits per heavy atom. The number of halogens is 2. The second-order valence-corrected chi connectivity index (χ2v) is 9.29. The van der Waals surface area contributed by atoms with Gasteiger partial charge in [0.25, 0.3) is 0 Å². The number of pyridine rings is 1. The van der Waals surface area contributed by atoms with Crippen LogP contribution in [0.4, 0.5) is 8.78 Å². The van der Waals surface area contributed by atoms with Gasteiger partial charge in [-0.2, -0.15) is 9.49 Å². The average molecular weight is 482 g/mol. The van der Waals surface area contributed by atoms with Gasteiger partial charge in [-0.15, -0.1) is 0 Å². The van der Waals surface area contributed by atoms with Crippen LogP contribution in [0.3, 0.4) is 0 Å². The predicted octanol–water partition coefficient (Wildman–Crippen LogP) is 4.21. The van der Waals surface area contributed by atoms with Crippen LogP contribution >= 0.6 is 0 Å². The molecule has 184 valence electrons. The van der Waals surface area contributed by atoms with Gasteiger partial charge in [0.05, 0.1) is 24.0 Å². The van der Waals surface area contributed by atoms with E-state index in [0.717, 1.165) is 17.0 Å². The minimum Gasteiger partial charge on any atom is -0.342 e. The molecule has 0 radical (unpaired) electrons. The summed E-state index contributed by atoms with van der Waals surface area (Å²) in [6.45, 7) is 6.83. The Hall–Kier alpha value is -3.62. The number of alkyl halides is 1.